The fourth-order valence-corrected chi connectivity index (χ4v) is 3.20. The summed E-state index contributed by atoms with van der Waals surface area (Å²) >= 11 is 1.17. The second kappa shape index (κ2) is 4.20. The predicted molar refractivity (Wildman–Crippen MR) is 64.2 cm³/mol. The van der Waals surface area contributed by atoms with Gasteiger partial charge in [0.25, 0.3) is 0 Å². The lowest BCUT2D eigenvalue weighted by molar-refractivity contribution is 0.531. The van der Waals surface area contributed by atoms with Gasteiger partial charge in [-0.1, -0.05) is 18.2 Å². The van der Waals surface area contributed by atoms with Crippen molar-refractivity contribution in [2.45, 2.75) is 12.5 Å². The van der Waals surface area contributed by atoms with E-state index in [9.17, 15) is 8.78 Å². The molecule has 2 aromatic rings. The van der Waals surface area contributed by atoms with Crippen molar-refractivity contribution in [3.63, 3.8) is 0 Å². The van der Waals surface area contributed by atoms with E-state index in [0.717, 1.165) is 23.4 Å². The maximum absolute atomic E-state index is 13.7. The van der Waals surface area contributed by atoms with E-state index in [4.69, 9.17) is 0 Å². The fourth-order valence-electron chi connectivity index (χ4n) is 2.28. The Hall–Kier alpha value is -1.26. The van der Waals surface area contributed by atoms with Crippen LogP contribution >= 0.6 is 11.3 Å². The molecular weight excluding hydrogens is 240 g/mol. The molecule has 0 spiro atoms. The number of benzene rings is 1. The Kier molecular flexibility index (Phi) is 2.68. The molecule has 1 aliphatic heterocycles. The summed E-state index contributed by atoms with van der Waals surface area (Å²) in [6.45, 7) is 0.756. The number of rotatable bonds is 1. The van der Waals surface area contributed by atoms with Gasteiger partial charge in [0, 0.05) is 17.0 Å². The van der Waals surface area contributed by atoms with E-state index in [-0.39, 0.29) is 17.0 Å². The summed E-state index contributed by atoms with van der Waals surface area (Å²) < 4.78 is 27.0. The van der Waals surface area contributed by atoms with Gasteiger partial charge in [0.2, 0.25) is 0 Å². The van der Waals surface area contributed by atoms with E-state index in [1.807, 2.05) is 0 Å². The highest BCUT2D eigenvalue weighted by Gasteiger charge is 2.25. The molecule has 0 fully saturated rings. The van der Waals surface area contributed by atoms with Gasteiger partial charge < -0.3 is 5.32 Å². The zero-order valence-electron chi connectivity index (χ0n) is 9.04. The molecule has 0 saturated carbocycles. The van der Waals surface area contributed by atoms with Gasteiger partial charge in [-0.2, -0.15) is 4.39 Å². The van der Waals surface area contributed by atoms with E-state index in [1.165, 1.54) is 23.5 Å². The summed E-state index contributed by atoms with van der Waals surface area (Å²) in [5.41, 5.74) is 1.47. The van der Waals surface area contributed by atoms with Gasteiger partial charge in [-0.3, -0.25) is 0 Å². The summed E-state index contributed by atoms with van der Waals surface area (Å²) in [5, 5.41) is 3.05. The van der Waals surface area contributed by atoms with Gasteiger partial charge >= 0.3 is 0 Å². The zero-order chi connectivity index (χ0) is 11.8. The highest BCUT2D eigenvalue weighted by Crippen LogP contribution is 2.34. The number of hydrogen-bond acceptors (Lipinski definition) is 2. The SMILES string of the molecule is Fc1cc2c(s1)CCNC2c1ccccc1F. The first-order chi connectivity index (χ1) is 8.25. The Labute approximate surface area is 102 Å². The van der Waals surface area contributed by atoms with Crippen molar-refractivity contribution >= 4 is 11.3 Å². The smallest absolute Gasteiger partial charge is 0.177 e. The molecule has 17 heavy (non-hydrogen) atoms. The maximum Gasteiger partial charge on any atom is 0.177 e. The Morgan fingerprint density at radius 3 is 2.82 bits per heavy atom. The van der Waals surface area contributed by atoms with Crippen LogP contribution in [0.1, 0.15) is 22.0 Å². The minimum Gasteiger partial charge on any atom is -0.306 e. The van der Waals surface area contributed by atoms with Crippen LogP contribution < -0.4 is 5.32 Å². The summed E-state index contributed by atoms with van der Waals surface area (Å²) in [6.07, 6.45) is 0.814. The van der Waals surface area contributed by atoms with Crippen LogP contribution in [0.5, 0.6) is 0 Å². The summed E-state index contributed by atoms with van der Waals surface area (Å²) in [5.74, 6) is -0.246. The number of nitrogens with one attached hydrogen (secondary N) is 1. The highest BCUT2D eigenvalue weighted by molar-refractivity contribution is 7.10. The summed E-state index contributed by atoms with van der Waals surface area (Å²) in [7, 11) is 0. The lowest BCUT2D eigenvalue weighted by Gasteiger charge is -2.24. The van der Waals surface area contributed by atoms with Crippen molar-refractivity contribution in [3.8, 4) is 0 Å². The summed E-state index contributed by atoms with van der Waals surface area (Å²) in [4.78, 5) is 1.02. The molecule has 0 saturated heterocycles. The van der Waals surface area contributed by atoms with Gasteiger partial charge in [0.05, 0.1) is 6.04 Å². The molecule has 1 nitrogen and oxygen atoms in total. The Balaban J connectivity index is 2.09. The molecule has 1 unspecified atom stereocenters. The van der Waals surface area contributed by atoms with E-state index in [2.05, 4.69) is 5.32 Å². The quantitative estimate of drug-likeness (QED) is 0.820. The molecule has 0 radical (unpaired) electrons. The number of thiophene rings is 1. The topological polar surface area (TPSA) is 12.0 Å². The lowest BCUT2D eigenvalue weighted by atomic mass is 9.95. The number of fused-ring (bicyclic) bond motifs is 1. The average Bonchev–Trinajstić information content (AvgIpc) is 2.70. The average molecular weight is 251 g/mol. The van der Waals surface area contributed by atoms with Crippen LogP contribution in [-0.4, -0.2) is 6.54 Å². The van der Waals surface area contributed by atoms with Gasteiger partial charge in [-0.15, -0.1) is 11.3 Å². The molecule has 4 heteroatoms. The second-order valence-electron chi connectivity index (χ2n) is 4.09. The molecule has 2 heterocycles. The molecule has 1 aromatic heterocycles. The molecular formula is C13H11F2NS. The largest absolute Gasteiger partial charge is 0.306 e. The molecule has 0 amide bonds. The van der Waals surface area contributed by atoms with Gasteiger partial charge in [0.1, 0.15) is 5.82 Å². The first kappa shape index (κ1) is 10.9. The minimum absolute atomic E-state index is 0.194. The van der Waals surface area contributed by atoms with Crippen LogP contribution in [0.15, 0.2) is 30.3 Å². The molecule has 1 N–H and O–H groups in total. The van der Waals surface area contributed by atoms with Crippen molar-refractivity contribution < 1.29 is 8.78 Å². The van der Waals surface area contributed by atoms with E-state index < -0.39 is 0 Å². The summed E-state index contributed by atoms with van der Waals surface area (Å²) in [6, 6.07) is 7.95. The van der Waals surface area contributed by atoms with E-state index in [1.54, 1.807) is 18.2 Å². The van der Waals surface area contributed by atoms with E-state index >= 15 is 0 Å². The Morgan fingerprint density at radius 2 is 2.00 bits per heavy atom. The molecule has 3 rings (SSSR count). The van der Waals surface area contributed by atoms with Crippen LogP contribution in [-0.2, 0) is 6.42 Å². The molecule has 1 atom stereocenters. The Morgan fingerprint density at radius 1 is 1.18 bits per heavy atom. The van der Waals surface area contributed by atoms with Crippen LogP contribution in [0, 0.1) is 10.9 Å². The molecule has 0 bridgehead atoms. The van der Waals surface area contributed by atoms with Gasteiger partial charge in [0.15, 0.2) is 5.13 Å². The van der Waals surface area contributed by atoms with E-state index in [0.29, 0.717) is 5.56 Å². The van der Waals surface area contributed by atoms with Crippen molar-refractivity contribution in [2.75, 3.05) is 6.54 Å². The maximum atomic E-state index is 13.7. The Bertz CT molecular complexity index is 550. The van der Waals surface area contributed by atoms with Crippen molar-refractivity contribution in [3.05, 3.63) is 57.3 Å². The van der Waals surface area contributed by atoms with Gasteiger partial charge in [-0.25, -0.2) is 4.39 Å². The van der Waals surface area contributed by atoms with Crippen LogP contribution in [0.3, 0.4) is 0 Å². The molecule has 0 aliphatic carbocycles. The van der Waals surface area contributed by atoms with Gasteiger partial charge in [-0.05, 0) is 24.1 Å². The van der Waals surface area contributed by atoms with Crippen molar-refractivity contribution in [1.82, 2.24) is 5.32 Å². The monoisotopic (exact) mass is 251 g/mol. The minimum atomic E-state index is -0.246. The van der Waals surface area contributed by atoms with Crippen molar-refractivity contribution in [2.24, 2.45) is 0 Å². The first-order valence-corrected chi connectivity index (χ1v) is 6.33. The number of halogens is 2. The van der Waals surface area contributed by atoms with Crippen LogP contribution in [0.4, 0.5) is 8.78 Å². The standard InChI is InChI=1S/C13H11F2NS/c14-10-4-2-1-3-8(10)13-9-7-12(15)17-11(9)5-6-16-13/h1-4,7,13,16H,5-6H2. The third kappa shape index (κ3) is 1.87. The normalized spacial score (nSPS) is 19.1. The second-order valence-corrected chi connectivity index (χ2v) is 5.17. The molecule has 88 valence electrons. The van der Waals surface area contributed by atoms with Crippen molar-refractivity contribution in [1.29, 1.82) is 0 Å². The number of hydrogen-bond donors (Lipinski definition) is 1. The molecule has 1 aliphatic rings. The third-order valence-electron chi connectivity index (χ3n) is 3.04. The van der Waals surface area contributed by atoms with Crippen LogP contribution in [0.25, 0.3) is 0 Å². The fraction of sp³-hybridized carbons (Fsp3) is 0.231. The first-order valence-electron chi connectivity index (χ1n) is 5.51. The predicted octanol–water partition coefficient (Wildman–Crippen LogP) is 3.26. The molecule has 1 aromatic carbocycles. The highest BCUT2D eigenvalue weighted by atomic mass is 32.1. The van der Waals surface area contributed by atoms with Crippen LogP contribution in [0.2, 0.25) is 0 Å². The third-order valence-corrected chi connectivity index (χ3v) is 4.04. The lowest BCUT2D eigenvalue weighted by Crippen LogP contribution is -2.30. The zero-order valence-corrected chi connectivity index (χ0v) is 9.86.